The molecule has 3 rings (SSSR count). The smallest absolute Gasteiger partial charge is 0.147 e. The van der Waals surface area contributed by atoms with Gasteiger partial charge in [0.2, 0.25) is 0 Å². The van der Waals surface area contributed by atoms with Crippen molar-refractivity contribution >= 4 is 15.9 Å². The number of fused-ring (bicyclic) bond motifs is 1. The average molecular weight is 323 g/mol. The standard InChI is InChI=1S/C13H15BrN4O/c1-9(11-6-10(14)2-3-12(11)19)17-4-5-18-8-15-16-13(18)7-17/h2-3,6,8-9,19H,4-5,7H2,1H3. The Hall–Kier alpha value is -1.40. The van der Waals surface area contributed by atoms with E-state index < -0.39 is 0 Å². The second-order valence-corrected chi connectivity index (χ2v) is 5.71. The molecule has 0 aliphatic carbocycles. The van der Waals surface area contributed by atoms with Crippen molar-refractivity contribution in [2.24, 2.45) is 0 Å². The Morgan fingerprint density at radius 3 is 3.05 bits per heavy atom. The molecule has 5 nitrogen and oxygen atoms in total. The van der Waals surface area contributed by atoms with Gasteiger partial charge in [0.15, 0.2) is 0 Å². The lowest BCUT2D eigenvalue weighted by molar-refractivity contribution is 0.161. The van der Waals surface area contributed by atoms with E-state index in [1.54, 1.807) is 12.4 Å². The third kappa shape index (κ3) is 2.37. The van der Waals surface area contributed by atoms with Crippen LogP contribution < -0.4 is 0 Å². The fourth-order valence-electron chi connectivity index (χ4n) is 2.47. The molecule has 0 fully saturated rings. The molecule has 2 aromatic rings. The summed E-state index contributed by atoms with van der Waals surface area (Å²) in [5.74, 6) is 1.32. The molecule has 1 aliphatic heterocycles. The van der Waals surface area contributed by atoms with Crippen LogP contribution in [0.25, 0.3) is 0 Å². The number of hydrogen-bond donors (Lipinski definition) is 1. The lowest BCUT2D eigenvalue weighted by atomic mass is 10.1. The number of halogens is 1. The maximum Gasteiger partial charge on any atom is 0.147 e. The Kier molecular flexibility index (Phi) is 3.28. The summed E-state index contributed by atoms with van der Waals surface area (Å²) in [6, 6.07) is 5.68. The molecule has 0 spiro atoms. The van der Waals surface area contributed by atoms with Gasteiger partial charge in [-0.1, -0.05) is 15.9 Å². The Balaban J connectivity index is 1.85. The molecule has 0 bridgehead atoms. The van der Waals surface area contributed by atoms with Gasteiger partial charge in [0.05, 0.1) is 6.54 Å². The topological polar surface area (TPSA) is 54.2 Å². The first-order valence-corrected chi connectivity index (χ1v) is 7.03. The molecule has 1 atom stereocenters. The van der Waals surface area contributed by atoms with Crippen LogP contribution in [0.5, 0.6) is 5.75 Å². The van der Waals surface area contributed by atoms with Crippen molar-refractivity contribution in [1.29, 1.82) is 0 Å². The molecule has 0 radical (unpaired) electrons. The summed E-state index contributed by atoms with van der Waals surface area (Å²) in [5, 5.41) is 18.1. The highest BCUT2D eigenvalue weighted by Crippen LogP contribution is 2.32. The molecule has 0 amide bonds. The van der Waals surface area contributed by atoms with Gasteiger partial charge in [-0.25, -0.2) is 0 Å². The van der Waals surface area contributed by atoms with Gasteiger partial charge in [-0.2, -0.15) is 0 Å². The summed E-state index contributed by atoms with van der Waals surface area (Å²) < 4.78 is 3.05. The first-order chi connectivity index (χ1) is 9.15. The van der Waals surface area contributed by atoms with Gasteiger partial charge in [0.25, 0.3) is 0 Å². The SMILES string of the molecule is CC(c1cc(Br)ccc1O)N1CCn2cnnc2C1. The number of hydrogen-bond acceptors (Lipinski definition) is 4. The fourth-order valence-corrected chi connectivity index (χ4v) is 2.85. The van der Waals surface area contributed by atoms with E-state index in [-0.39, 0.29) is 6.04 Å². The van der Waals surface area contributed by atoms with E-state index in [0.29, 0.717) is 5.75 Å². The van der Waals surface area contributed by atoms with Crippen LogP contribution in [0.15, 0.2) is 29.0 Å². The second-order valence-electron chi connectivity index (χ2n) is 4.79. The number of aromatic nitrogens is 3. The van der Waals surface area contributed by atoms with Crippen LogP contribution in [-0.2, 0) is 13.1 Å². The van der Waals surface area contributed by atoms with E-state index in [0.717, 1.165) is 35.5 Å². The van der Waals surface area contributed by atoms with Gasteiger partial charge in [0.1, 0.15) is 17.9 Å². The Labute approximate surface area is 120 Å². The molecule has 0 saturated carbocycles. The van der Waals surface area contributed by atoms with Crippen molar-refractivity contribution in [1.82, 2.24) is 19.7 Å². The molecule has 1 aromatic heterocycles. The minimum atomic E-state index is 0.142. The first-order valence-electron chi connectivity index (χ1n) is 6.24. The molecule has 1 N–H and O–H groups in total. The Morgan fingerprint density at radius 1 is 1.37 bits per heavy atom. The predicted octanol–water partition coefficient (Wildman–Crippen LogP) is 2.32. The number of phenols is 1. The average Bonchev–Trinajstić information content (AvgIpc) is 2.88. The molecule has 19 heavy (non-hydrogen) atoms. The summed E-state index contributed by atoms with van der Waals surface area (Å²) in [7, 11) is 0. The van der Waals surface area contributed by atoms with Gasteiger partial charge < -0.3 is 9.67 Å². The quantitative estimate of drug-likeness (QED) is 0.922. The minimum absolute atomic E-state index is 0.142. The summed E-state index contributed by atoms with van der Waals surface area (Å²) >= 11 is 3.45. The highest BCUT2D eigenvalue weighted by Gasteiger charge is 2.24. The van der Waals surface area contributed by atoms with E-state index in [1.807, 2.05) is 12.1 Å². The molecule has 6 heteroatoms. The van der Waals surface area contributed by atoms with Gasteiger partial charge in [0, 0.05) is 29.2 Å². The summed E-state index contributed by atoms with van der Waals surface area (Å²) in [5.41, 5.74) is 0.933. The number of benzene rings is 1. The maximum atomic E-state index is 10.0. The zero-order valence-electron chi connectivity index (χ0n) is 10.6. The van der Waals surface area contributed by atoms with Crippen molar-refractivity contribution in [2.45, 2.75) is 26.1 Å². The van der Waals surface area contributed by atoms with Gasteiger partial charge in [-0.05, 0) is 25.1 Å². The molecule has 2 heterocycles. The van der Waals surface area contributed by atoms with Crippen LogP contribution in [0.2, 0.25) is 0 Å². The number of rotatable bonds is 2. The van der Waals surface area contributed by atoms with E-state index in [1.165, 1.54) is 0 Å². The summed E-state index contributed by atoms with van der Waals surface area (Å²) in [4.78, 5) is 2.30. The van der Waals surface area contributed by atoms with Gasteiger partial charge in [-0.15, -0.1) is 10.2 Å². The zero-order chi connectivity index (χ0) is 13.4. The van der Waals surface area contributed by atoms with Crippen molar-refractivity contribution < 1.29 is 5.11 Å². The molecular formula is C13H15BrN4O. The van der Waals surface area contributed by atoms with E-state index in [2.05, 4.69) is 42.5 Å². The number of phenolic OH excluding ortho intramolecular Hbond substituents is 1. The first kappa shape index (κ1) is 12.6. The molecule has 1 unspecified atom stereocenters. The second kappa shape index (κ2) is 4.94. The molecular weight excluding hydrogens is 308 g/mol. The third-order valence-electron chi connectivity index (χ3n) is 3.66. The van der Waals surface area contributed by atoms with Crippen LogP contribution in [0.3, 0.4) is 0 Å². The largest absolute Gasteiger partial charge is 0.508 e. The highest BCUT2D eigenvalue weighted by molar-refractivity contribution is 9.10. The van der Waals surface area contributed by atoms with Crippen molar-refractivity contribution in [3.05, 3.63) is 40.4 Å². The zero-order valence-corrected chi connectivity index (χ0v) is 12.2. The van der Waals surface area contributed by atoms with Crippen LogP contribution in [-0.4, -0.2) is 31.3 Å². The predicted molar refractivity (Wildman–Crippen MR) is 74.7 cm³/mol. The lowest BCUT2D eigenvalue weighted by Gasteiger charge is -2.32. The highest BCUT2D eigenvalue weighted by atomic mass is 79.9. The van der Waals surface area contributed by atoms with Crippen molar-refractivity contribution in [2.75, 3.05) is 6.54 Å². The van der Waals surface area contributed by atoms with E-state index >= 15 is 0 Å². The summed E-state index contributed by atoms with van der Waals surface area (Å²) in [6.45, 7) is 4.68. The normalized spacial score (nSPS) is 17.2. The fraction of sp³-hybridized carbons (Fsp3) is 0.385. The lowest BCUT2D eigenvalue weighted by Crippen LogP contribution is -2.35. The van der Waals surface area contributed by atoms with Crippen LogP contribution in [0.4, 0.5) is 0 Å². The van der Waals surface area contributed by atoms with E-state index in [4.69, 9.17) is 0 Å². The molecule has 100 valence electrons. The minimum Gasteiger partial charge on any atom is -0.508 e. The molecule has 1 aliphatic rings. The van der Waals surface area contributed by atoms with Crippen LogP contribution >= 0.6 is 15.9 Å². The van der Waals surface area contributed by atoms with Crippen LogP contribution in [0, 0.1) is 0 Å². The van der Waals surface area contributed by atoms with Crippen molar-refractivity contribution in [3.63, 3.8) is 0 Å². The number of nitrogens with zero attached hydrogens (tertiary/aromatic N) is 4. The number of aromatic hydroxyl groups is 1. The van der Waals surface area contributed by atoms with E-state index in [9.17, 15) is 5.11 Å². The third-order valence-corrected chi connectivity index (χ3v) is 4.15. The Morgan fingerprint density at radius 2 is 2.21 bits per heavy atom. The van der Waals surface area contributed by atoms with Crippen molar-refractivity contribution in [3.8, 4) is 5.75 Å². The molecule has 1 aromatic carbocycles. The molecule has 0 saturated heterocycles. The van der Waals surface area contributed by atoms with Gasteiger partial charge >= 0.3 is 0 Å². The summed E-state index contributed by atoms with van der Waals surface area (Å²) in [6.07, 6.45) is 1.77. The van der Waals surface area contributed by atoms with Crippen LogP contribution in [0.1, 0.15) is 24.4 Å². The van der Waals surface area contributed by atoms with Gasteiger partial charge in [-0.3, -0.25) is 4.90 Å². The monoisotopic (exact) mass is 322 g/mol. The Bertz CT molecular complexity index is 598. The maximum absolute atomic E-state index is 10.0.